The Hall–Kier alpha value is -2.05. The first kappa shape index (κ1) is 16.8. The number of methoxy groups -OCH3 is 2. The maximum absolute atomic E-state index is 12.4. The summed E-state index contributed by atoms with van der Waals surface area (Å²) < 4.78 is 11.2. The molecule has 124 valence electrons. The van der Waals surface area contributed by atoms with Crippen LogP contribution in [0.3, 0.4) is 0 Å². The van der Waals surface area contributed by atoms with E-state index < -0.39 is 0 Å². The number of carbonyl (C=O) groups excluding carboxylic acids is 1. The van der Waals surface area contributed by atoms with Gasteiger partial charge in [-0.3, -0.25) is 4.79 Å². The molecule has 0 spiro atoms. The summed E-state index contributed by atoms with van der Waals surface area (Å²) in [5.74, 6) is 0.892. The average Bonchev–Trinajstić information content (AvgIpc) is 2.89. The van der Waals surface area contributed by atoms with Crippen molar-refractivity contribution < 1.29 is 14.3 Å². The van der Waals surface area contributed by atoms with E-state index in [1.165, 1.54) is 0 Å². The smallest absolute Gasteiger partial charge is 0.275 e. The van der Waals surface area contributed by atoms with Crippen LogP contribution in [-0.2, 0) is 4.79 Å². The number of hydrogen-bond donors (Lipinski definition) is 1. The molecule has 0 aromatic heterocycles. The molecule has 1 aliphatic rings. The van der Waals surface area contributed by atoms with Crippen molar-refractivity contribution in [2.24, 2.45) is 4.99 Å². The summed E-state index contributed by atoms with van der Waals surface area (Å²) in [4.78, 5) is 16.9. The van der Waals surface area contributed by atoms with E-state index in [0.717, 1.165) is 5.56 Å². The van der Waals surface area contributed by atoms with E-state index in [1.54, 1.807) is 38.5 Å². The minimum Gasteiger partial charge on any atom is -0.497 e. The molecule has 1 N–H and O–H groups in total. The predicted molar refractivity (Wildman–Crippen MR) is 98.3 cm³/mol. The van der Waals surface area contributed by atoms with Crippen LogP contribution in [0.4, 0.5) is 11.4 Å². The first-order valence-electron chi connectivity index (χ1n) is 7.07. The van der Waals surface area contributed by atoms with Crippen LogP contribution in [0.25, 0.3) is 0 Å². The number of carbonyl (C=O) groups is 1. The zero-order valence-corrected chi connectivity index (χ0v) is 15.6. The van der Waals surface area contributed by atoms with Crippen LogP contribution in [0.15, 0.2) is 33.7 Å². The fourth-order valence-corrected chi connectivity index (χ4v) is 3.19. The van der Waals surface area contributed by atoms with Crippen LogP contribution in [0, 0.1) is 6.92 Å². The lowest BCUT2D eigenvalue weighted by atomic mass is 10.1. The number of ether oxygens (including phenoxy) is 2. The summed E-state index contributed by atoms with van der Waals surface area (Å²) in [6.45, 7) is 1.85. The molecule has 2 aromatic rings. The molecule has 0 saturated carbocycles. The van der Waals surface area contributed by atoms with E-state index in [9.17, 15) is 4.79 Å². The van der Waals surface area contributed by atoms with E-state index in [2.05, 4.69) is 26.2 Å². The largest absolute Gasteiger partial charge is 0.497 e. The zero-order valence-electron chi connectivity index (χ0n) is 13.2. The van der Waals surface area contributed by atoms with Gasteiger partial charge in [-0.1, -0.05) is 11.6 Å². The van der Waals surface area contributed by atoms with Crippen molar-refractivity contribution in [3.8, 4) is 11.5 Å². The maximum atomic E-state index is 12.4. The maximum Gasteiger partial charge on any atom is 0.275 e. The van der Waals surface area contributed by atoms with Crippen molar-refractivity contribution in [2.45, 2.75) is 6.92 Å². The number of nitrogens with one attached hydrogen (secondary N) is 1. The number of benzene rings is 2. The lowest BCUT2D eigenvalue weighted by Crippen LogP contribution is -2.14. The molecule has 3 rings (SSSR count). The first-order valence-corrected chi connectivity index (χ1v) is 8.24. The molecule has 7 heteroatoms. The topological polar surface area (TPSA) is 59.9 Å². The second-order valence-corrected chi connectivity index (χ2v) is 6.40. The molecule has 1 aliphatic heterocycles. The molecular formula is C17H14BrClN2O3. The Labute approximate surface area is 152 Å². The molecule has 0 bridgehead atoms. The Morgan fingerprint density at radius 1 is 1.21 bits per heavy atom. The number of anilines is 1. The van der Waals surface area contributed by atoms with E-state index in [-0.39, 0.29) is 5.91 Å². The summed E-state index contributed by atoms with van der Waals surface area (Å²) >= 11 is 9.64. The number of rotatable bonds is 3. The highest BCUT2D eigenvalue weighted by Gasteiger charge is 2.29. The van der Waals surface area contributed by atoms with Gasteiger partial charge < -0.3 is 14.8 Å². The Balaban J connectivity index is 2.19. The van der Waals surface area contributed by atoms with Gasteiger partial charge in [-0.25, -0.2) is 4.99 Å². The fourth-order valence-electron chi connectivity index (χ4n) is 2.51. The molecule has 24 heavy (non-hydrogen) atoms. The van der Waals surface area contributed by atoms with E-state index >= 15 is 0 Å². The third kappa shape index (κ3) is 2.76. The monoisotopic (exact) mass is 408 g/mol. The van der Waals surface area contributed by atoms with Gasteiger partial charge in [0.2, 0.25) is 0 Å². The predicted octanol–water partition coefficient (Wildman–Crippen LogP) is 4.50. The Kier molecular flexibility index (Phi) is 4.51. The number of halogens is 2. The third-order valence-corrected chi connectivity index (χ3v) is 5.12. The third-order valence-electron chi connectivity index (χ3n) is 3.78. The molecule has 5 nitrogen and oxygen atoms in total. The van der Waals surface area contributed by atoms with E-state index in [4.69, 9.17) is 21.1 Å². The van der Waals surface area contributed by atoms with Crippen molar-refractivity contribution in [1.29, 1.82) is 0 Å². The number of amides is 1. The van der Waals surface area contributed by atoms with Crippen LogP contribution >= 0.6 is 27.5 Å². The SMILES string of the molecule is COc1ccc(OC)c(N=C2C(=O)Nc3c2cc(Br)c(Cl)c3C)c1. The molecule has 0 unspecified atom stereocenters. The molecule has 0 radical (unpaired) electrons. The van der Waals surface area contributed by atoms with E-state index in [0.29, 0.717) is 43.6 Å². The average molecular weight is 410 g/mol. The van der Waals surface area contributed by atoms with Crippen molar-refractivity contribution in [3.05, 3.63) is 44.9 Å². The fraction of sp³-hybridized carbons (Fsp3) is 0.176. The van der Waals surface area contributed by atoms with Crippen LogP contribution in [0.1, 0.15) is 11.1 Å². The Morgan fingerprint density at radius 2 is 1.96 bits per heavy atom. The summed E-state index contributed by atoms with van der Waals surface area (Å²) in [5, 5.41) is 3.39. The van der Waals surface area contributed by atoms with Gasteiger partial charge >= 0.3 is 0 Å². The van der Waals surface area contributed by atoms with Crippen molar-refractivity contribution >= 4 is 50.5 Å². The van der Waals surface area contributed by atoms with Crippen molar-refractivity contribution in [3.63, 3.8) is 0 Å². The van der Waals surface area contributed by atoms with Gasteiger partial charge in [0, 0.05) is 16.1 Å². The number of nitrogens with zero attached hydrogens (tertiary/aromatic N) is 1. The lowest BCUT2D eigenvalue weighted by molar-refractivity contribution is -0.110. The molecule has 0 atom stereocenters. The zero-order chi connectivity index (χ0) is 17.4. The van der Waals surface area contributed by atoms with Gasteiger partial charge in [0.05, 0.1) is 24.9 Å². The highest BCUT2D eigenvalue weighted by Crippen LogP contribution is 2.39. The molecule has 2 aromatic carbocycles. The van der Waals surface area contributed by atoms with Gasteiger partial charge in [-0.2, -0.15) is 0 Å². The van der Waals surface area contributed by atoms with Crippen LogP contribution in [-0.4, -0.2) is 25.8 Å². The quantitative estimate of drug-likeness (QED) is 0.812. The van der Waals surface area contributed by atoms with Gasteiger partial charge in [0.15, 0.2) is 0 Å². The molecule has 0 saturated heterocycles. The first-order chi connectivity index (χ1) is 11.5. The Bertz CT molecular complexity index is 881. The summed E-state index contributed by atoms with van der Waals surface area (Å²) in [6.07, 6.45) is 0. The van der Waals surface area contributed by atoms with Gasteiger partial charge in [-0.05, 0) is 46.6 Å². The molecule has 0 aliphatic carbocycles. The minimum absolute atomic E-state index is 0.285. The van der Waals surface area contributed by atoms with Gasteiger partial charge in [-0.15, -0.1) is 0 Å². The minimum atomic E-state index is -0.285. The number of fused-ring (bicyclic) bond motifs is 1. The summed E-state index contributed by atoms with van der Waals surface area (Å²) in [6, 6.07) is 7.02. The molecule has 0 fully saturated rings. The molecule has 1 amide bonds. The summed E-state index contributed by atoms with van der Waals surface area (Å²) in [7, 11) is 3.12. The lowest BCUT2D eigenvalue weighted by Gasteiger charge is -2.08. The second kappa shape index (κ2) is 6.45. The standard InChI is InChI=1S/C17H14BrClN2O3/c1-8-14(19)11(18)7-10-15(8)21-17(22)16(10)20-12-6-9(23-2)4-5-13(12)24-3/h4-7H,1-3H3,(H,20,21,22). The Morgan fingerprint density at radius 3 is 2.62 bits per heavy atom. The van der Waals surface area contributed by atoms with Crippen molar-refractivity contribution in [2.75, 3.05) is 19.5 Å². The molecule has 1 heterocycles. The highest BCUT2D eigenvalue weighted by atomic mass is 79.9. The van der Waals surface area contributed by atoms with E-state index in [1.807, 2.05) is 6.92 Å². The second-order valence-electron chi connectivity index (χ2n) is 5.17. The number of aliphatic imine (C=N–C) groups is 1. The summed E-state index contributed by atoms with van der Waals surface area (Å²) in [5.41, 5.74) is 2.97. The van der Waals surface area contributed by atoms with Gasteiger partial charge in [0.1, 0.15) is 22.9 Å². The van der Waals surface area contributed by atoms with Crippen LogP contribution in [0.2, 0.25) is 5.02 Å². The van der Waals surface area contributed by atoms with Gasteiger partial charge in [0.25, 0.3) is 5.91 Å². The normalized spacial score (nSPS) is 14.5. The van der Waals surface area contributed by atoms with Crippen LogP contribution < -0.4 is 14.8 Å². The van der Waals surface area contributed by atoms with Crippen molar-refractivity contribution in [1.82, 2.24) is 0 Å². The van der Waals surface area contributed by atoms with Crippen LogP contribution in [0.5, 0.6) is 11.5 Å². The number of hydrogen-bond acceptors (Lipinski definition) is 4. The highest BCUT2D eigenvalue weighted by molar-refractivity contribution is 9.10. The molecular weight excluding hydrogens is 396 g/mol.